The lowest BCUT2D eigenvalue weighted by Crippen LogP contribution is -2.20. The smallest absolute Gasteiger partial charge is 0.262 e. The maximum absolute atomic E-state index is 12.3. The predicted molar refractivity (Wildman–Crippen MR) is 125 cm³/mol. The van der Waals surface area contributed by atoms with E-state index in [0.29, 0.717) is 56.3 Å². The molecule has 0 aliphatic heterocycles. The number of methoxy groups -OCH3 is 3. The van der Waals surface area contributed by atoms with E-state index in [0.717, 1.165) is 0 Å². The zero-order chi connectivity index (χ0) is 23.4. The Bertz CT molecular complexity index is 1280. The average Bonchev–Trinajstić information content (AvgIpc) is 3.26. The second kappa shape index (κ2) is 9.70. The number of para-hydroxylation sites is 1. The van der Waals surface area contributed by atoms with Gasteiger partial charge in [0, 0.05) is 11.3 Å². The fourth-order valence-electron chi connectivity index (χ4n) is 3.24. The molecule has 170 valence electrons. The first-order valence-corrected chi connectivity index (χ1v) is 10.3. The molecule has 3 aromatic carbocycles. The highest BCUT2D eigenvalue weighted by Crippen LogP contribution is 2.41. The number of aromatic nitrogens is 1. The van der Waals surface area contributed by atoms with E-state index in [9.17, 15) is 4.79 Å². The summed E-state index contributed by atoms with van der Waals surface area (Å²) in [5.74, 6) is 1.93. The molecule has 0 atom stereocenters. The van der Waals surface area contributed by atoms with Crippen molar-refractivity contribution in [3.8, 4) is 34.5 Å². The molecule has 1 heterocycles. The van der Waals surface area contributed by atoms with Crippen molar-refractivity contribution < 1.29 is 28.2 Å². The number of ether oxygens (including phenoxy) is 4. The summed E-state index contributed by atoms with van der Waals surface area (Å²) in [6, 6.07) is 15.6. The Balaban J connectivity index is 1.53. The number of benzene rings is 3. The molecule has 4 rings (SSSR count). The third-order valence-corrected chi connectivity index (χ3v) is 5.09. The Morgan fingerprint density at radius 2 is 1.70 bits per heavy atom. The number of carbonyl (C=O) groups excluding carboxylic acids is 1. The molecule has 0 aliphatic rings. The van der Waals surface area contributed by atoms with Crippen LogP contribution >= 0.6 is 11.6 Å². The first-order valence-electron chi connectivity index (χ1n) is 9.90. The van der Waals surface area contributed by atoms with Crippen LogP contribution in [0.3, 0.4) is 0 Å². The van der Waals surface area contributed by atoms with Gasteiger partial charge in [-0.25, -0.2) is 4.98 Å². The number of oxazole rings is 1. The van der Waals surface area contributed by atoms with Crippen LogP contribution in [0.15, 0.2) is 59.0 Å². The number of amides is 1. The van der Waals surface area contributed by atoms with Gasteiger partial charge in [0.15, 0.2) is 23.7 Å². The molecule has 0 spiro atoms. The second-order valence-corrected chi connectivity index (χ2v) is 7.29. The fourth-order valence-corrected chi connectivity index (χ4v) is 3.43. The number of hydrogen-bond acceptors (Lipinski definition) is 7. The van der Waals surface area contributed by atoms with Crippen LogP contribution in [0.2, 0.25) is 5.02 Å². The van der Waals surface area contributed by atoms with Crippen LogP contribution in [0.4, 0.5) is 5.69 Å². The van der Waals surface area contributed by atoms with Gasteiger partial charge in [-0.15, -0.1) is 0 Å². The zero-order valence-electron chi connectivity index (χ0n) is 18.2. The lowest BCUT2D eigenvalue weighted by Gasteiger charge is -2.12. The van der Waals surface area contributed by atoms with Gasteiger partial charge in [0.1, 0.15) is 11.3 Å². The Morgan fingerprint density at radius 1 is 0.970 bits per heavy atom. The third-order valence-electron chi connectivity index (χ3n) is 4.78. The van der Waals surface area contributed by atoms with Gasteiger partial charge in [-0.1, -0.05) is 23.7 Å². The maximum atomic E-state index is 12.3. The summed E-state index contributed by atoms with van der Waals surface area (Å²) in [5, 5.41) is 3.22. The molecule has 0 radical (unpaired) electrons. The quantitative estimate of drug-likeness (QED) is 0.380. The minimum Gasteiger partial charge on any atom is -0.493 e. The van der Waals surface area contributed by atoms with E-state index in [-0.39, 0.29) is 12.5 Å². The van der Waals surface area contributed by atoms with Crippen LogP contribution < -0.4 is 24.3 Å². The summed E-state index contributed by atoms with van der Waals surface area (Å²) in [6.45, 7) is -0.183. The van der Waals surface area contributed by atoms with Crippen molar-refractivity contribution in [3.05, 3.63) is 59.6 Å². The van der Waals surface area contributed by atoms with Gasteiger partial charge in [0.2, 0.25) is 11.6 Å². The molecule has 0 fully saturated rings. The predicted octanol–water partition coefficient (Wildman–Crippen LogP) is 5.19. The minimum absolute atomic E-state index is 0.183. The summed E-state index contributed by atoms with van der Waals surface area (Å²) in [7, 11) is 4.61. The number of nitrogens with one attached hydrogen (secondary N) is 1. The number of halogens is 1. The number of carbonyl (C=O) groups is 1. The van der Waals surface area contributed by atoms with Crippen molar-refractivity contribution in [1.29, 1.82) is 0 Å². The van der Waals surface area contributed by atoms with Crippen LogP contribution in [0.25, 0.3) is 22.6 Å². The van der Waals surface area contributed by atoms with E-state index in [1.165, 1.54) is 21.3 Å². The van der Waals surface area contributed by atoms with E-state index in [2.05, 4.69) is 10.3 Å². The number of anilines is 1. The molecule has 0 aliphatic carbocycles. The number of fused-ring (bicyclic) bond motifs is 1. The Labute approximate surface area is 195 Å². The first kappa shape index (κ1) is 22.3. The van der Waals surface area contributed by atoms with E-state index in [1.807, 2.05) is 0 Å². The van der Waals surface area contributed by atoms with Crippen LogP contribution in [0.1, 0.15) is 0 Å². The van der Waals surface area contributed by atoms with Crippen LogP contribution in [0, 0.1) is 0 Å². The normalized spacial score (nSPS) is 10.7. The molecule has 1 aromatic heterocycles. The van der Waals surface area contributed by atoms with Crippen molar-refractivity contribution in [2.45, 2.75) is 0 Å². The van der Waals surface area contributed by atoms with Crippen molar-refractivity contribution >= 4 is 34.3 Å². The highest BCUT2D eigenvalue weighted by atomic mass is 35.5. The largest absolute Gasteiger partial charge is 0.493 e. The van der Waals surface area contributed by atoms with Crippen LogP contribution in [0.5, 0.6) is 23.0 Å². The second-order valence-electron chi connectivity index (χ2n) is 6.88. The first-order chi connectivity index (χ1) is 16.0. The highest BCUT2D eigenvalue weighted by Gasteiger charge is 2.17. The van der Waals surface area contributed by atoms with E-state index >= 15 is 0 Å². The average molecular weight is 469 g/mol. The molecule has 9 heteroatoms. The number of hydrogen-bond donors (Lipinski definition) is 1. The summed E-state index contributed by atoms with van der Waals surface area (Å²) in [5.41, 5.74) is 2.34. The molecule has 1 amide bonds. The minimum atomic E-state index is -0.331. The molecule has 0 unspecified atom stereocenters. The van der Waals surface area contributed by atoms with Gasteiger partial charge >= 0.3 is 0 Å². The third kappa shape index (κ3) is 4.80. The number of rotatable bonds is 8. The SMILES string of the molecule is COc1cc(-c2nc3cc(NC(=O)COc4ccccc4Cl)ccc3o2)cc(OC)c1OC. The molecule has 33 heavy (non-hydrogen) atoms. The van der Waals surface area contributed by atoms with E-state index in [1.54, 1.807) is 54.6 Å². The van der Waals surface area contributed by atoms with Crippen molar-refractivity contribution in [2.75, 3.05) is 33.3 Å². The summed E-state index contributed by atoms with van der Waals surface area (Å²) >= 11 is 6.04. The summed E-state index contributed by atoms with van der Waals surface area (Å²) < 4.78 is 27.5. The molecular weight excluding hydrogens is 448 g/mol. The van der Waals surface area contributed by atoms with Gasteiger partial charge in [-0.05, 0) is 42.5 Å². The van der Waals surface area contributed by atoms with Gasteiger partial charge in [-0.3, -0.25) is 4.79 Å². The molecule has 0 bridgehead atoms. The lowest BCUT2D eigenvalue weighted by atomic mass is 10.2. The molecule has 4 aromatic rings. The Kier molecular flexibility index (Phi) is 6.55. The molecule has 8 nitrogen and oxygen atoms in total. The van der Waals surface area contributed by atoms with Crippen molar-refractivity contribution in [3.63, 3.8) is 0 Å². The lowest BCUT2D eigenvalue weighted by molar-refractivity contribution is -0.118. The fraction of sp³-hybridized carbons (Fsp3) is 0.167. The monoisotopic (exact) mass is 468 g/mol. The van der Waals surface area contributed by atoms with Gasteiger partial charge in [0.05, 0.1) is 26.4 Å². The van der Waals surface area contributed by atoms with Gasteiger partial charge in [-0.2, -0.15) is 0 Å². The van der Waals surface area contributed by atoms with Crippen molar-refractivity contribution in [1.82, 2.24) is 4.98 Å². The highest BCUT2D eigenvalue weighted by molar-refractivity contribution is 6.32. The maximum Gasteiger partial charge on any atom is 0.262 e. The molecular formula is C24H21ClN2O6. The standard InChI is InChI=1S/C24H21ClN2O6/c1-29-20-10-14(11-21(30-2)23(20)31-3)24-27-17-12-15(8-9-19(17)33-24)26-22(28)13-32-18-7-5-4-6-16(18)25/h4-12H,13H2,1-3H3,(H,26,28). The molecule has 1 N–H and O–H groups in total. The molecule has 0 saturated heterocycles. The van der Waals surface area contributed by atoms with Crippen molar-refractivity contribution in [2.24, 2.45) is 0 Å². The van der Waals surface area contributed by atoms with Gasteiger partial charge in [0.25, 0.3) is 5.91 Å². The van der Waals surface area contributed by atoms with E-state index < -0.39 is 0 Å². The van der Waals surface area contributed by atoms with Crippen LogP contribution in [-0.4, -0.2) is 38.8 Å². The zero-order valence-corrected chi connectivity index (χ0v) is 18.9. The van der Waals surface area contributed by atoms with Gasteiger partial charge < -0.3 is 28.7 Å². The van der Waals surface area contributed by atoms with E-state index in [4.69, 9.17) is 35.0 Å². The summed E-state index contributed by atoms with van der Waals surface area (Å²) in [4.78, 5) is 16.8. The van der Waals surface area contributed by atoms with Crippen LogP contribution in [-0.2, 0) is 4.79 Å². The Morgan fingerprint density at radius 3 is 2.36 bits per heavy atom. The molecule has 0 saturated carbocycles. The Hall–Kier alpha value is -3.91. The topological polar surface area (TPSA) is 92.1 Å². The summed E-state index contributed by atoms with van der Waals surface area (Å²) in [6.07, 6.45) is 0. The number of nitrogens with zero attached hydrogens (tertiary/aromatic N) is 1.